The van der Waals surface area contributed by atoms with Gasteiger partial charge >= 0.3 is 0 Å². The van der Waals surface area contributed by atoms with E-state index in [0.717, 1.165) is 25.9 Å². The van der Waals surface area contributed by atoms with Crippen LogP contribution < -0.4 is 11.5 Å². The van der Waals surface area contributed by atoms with Gasteiger partial charge in [-0.2, -0.15) is 0 Å². The number of unbranched alkanes of at least 4 members (excludes halogenated alkanes) is 2. The second-order valence-electron chi connectivity index (χ2n) is 6.56. The summed E-state index contributed by atoms with van der Waals surface area (Å²) in [7, 11) is 4.06. The molecule has 142 valence electrons. The van der Waals surface area contributed by atoms with Crippen LogP contribution in [0.5, 0.6) is 0 Å². The molecule has 0 saturated carbocycles. The summed E-state index contributed by atoms with van der Waals surface area (Å²) < 4.78 is 0. The highest BCUT2D eigenvalue weighted by atomic mass is 33.1. The SMILES string of the molecule is NCCCCC(SSC(CCCCN)c1ccccc1)c1ccccc1. The van der Waals surface area contributed by atoms with E-state index in [-0.39, 0.29) is 0 Å². The van der Waals surface area contributed by atoms with Crippen LogP contribution in [0.25, 0.3) is 0 Å². The second-order valence-corrected chi connectivity index (χ2v) is 9.24. The molecule has 0 saturated heterocycles. The minimum atomic E-state index is 0.522. The van der Waals surface area contributed by atoms with Crippen LogP contribution in [0.3, 0.4) is 0 Å². The predicted molar refractivity (Wildman–Crippen MR) is 119 cm³/mol. The summed E-state index contributed by atoms with van der Waals surface area (Å²) in [5.74, 6) is 0. The molecule has 2 aromatic carbocycles. The Morgan fingerprint density at radius 2 is 0.962 bits per heavy atom. The molecule has 4 heteroatoms. The van der Waals surface area contributed by atoms with Crippen LogP contribution in [-0.2, 0) is 0 Å². The van der Waals surface area contributed by atoms with Crippen molar-refractivity contribution in [3.63, 3.8) is 0 Å². The first-order valence-electron chi connectivity index (χ1n) is 9.67. The Bertz CT molecular complexity index is 524. The highest BCUT2D eigenvalue weighted by Gasteiger charge is 2.18. The van der Waals surface area contributed by atoms with Crippen molar-refractivity contribution < 1.29 is 0 Å². The average Bonchev–Trinajstić information content (AvgIpc) is 2.70. The fourth-order valence-corrected chi connectivity index (χ4v) is 6.34. The van der Waals surface area contributed by atoms with E-state index in [0.29, 0.717) is 10.5 Å². The molecule has 0 amide bonds. The van der Waals surface area contributed by atoms with Crippen molar-refractivity contribution in [1.29, 1.82) is 0 Å². The van der Waals surface area contributed by atoms with Gasteiger partial charge in [0.05, 0.1) is 0 Å². The molecule has 2 aromatic rings. The lowest BCUT2D eigenvalue weighted by atomic mass is 10.1. The summed E-state index contributed by atoms with van der Waals surface area (Å²) in [6.45, 7) is 1.57. The fraction of sp³-hybridized carbons (Fsp3) is 0.455. The molecule has 2 unspecified atom stereocenters. The molecular formula is C22H32N2S2. The summed E-state index contributed by atoms with van der Waals surface area (Å²) in [6.07, 6.45) is 6.95. The quantitative estimate of drug-likeness (QED) is 0.321. The Morgan fingerprint density at radius 3 is 1.31 bits per heavy atom. The van der Waals surface area contributed by atoms with Gasteiger partial charge in [0.25, 0.3) is 0 Å². The number of benzene rings is 2. The molecule has 0 aliphatic carbocycles. The summed E-state index contributed by atoms with van der Waals surface area (Å²) in [5, 5.41) is 1.04. The Labute approximate surface area is 166 Å². The van der Waals surface area contributed by atoms with E-state index >= 15 is 0 Å². The fourth-order valence-electron chi connectivity index (χ4n) is 2.96. The lowest BCUT2D eigenvalue weighted by Crippen LogP contribution is -2.01. The predicted octanol–water partition coefficient (Wildman–Crippen LogP) is 6.11. The number of hydrogen-bond acceptors (Lipinski definition) is 4. The topological polar surface area (TPSA) is 52.0 Å². The van der Waals surface area contributed by atoms with Gasteiger partial charge in [-0.3, -0.25) is 0 Å². The van der Waals surface area contributed by atoms with Gasteiger partial charge in [-0.1, -0.05) is 95.1 Å². The lowest BCUT2D eigenvalue weighted by molar-refractivity contribution is 0.677. The highest BCUT2D eigenvalue weighted by molar-refractivity contribution is 8.76. The largest absolute Gasteiger partial charge is 0.330 e. The molecule has 2 rings (SSSR count). The maximum absolute atomic E-state index is 5.70. The molecule has 0 fully saturated rings. The van der Waals surface area contributed by atoms with Gasteiger partial charge in [0, 0.05) is 10.5 Å². The molecule has 0 aliphatic rings. The van der Waals surface area contributed by atoms with Crippen molar-refractivity contribution >= 4 is 21.6 Å². The molecule has 0 spiro atoms. The normalized spacial score (nSPS) is 13.5. The summed E-state index contributed by atoms with van der Waals surface area (Å²) >= 11 is 0. The second kappa shape index (κ2) is 13.3. The summed E-state index contributed by atoms with van der Waals surface area (Å²) in [6, 6.07) is 21.8. The monoisotopic (exact) mass is 388 g/mol. The standard InChI is InChI=1S/C22H32N2S2/c23-17-9-7-15-21(19-11-3-1-4-12-19)25-26-22(16-8-10-18-24)20-13-5-2-6-14-20/h1-6,11-14,21-22H,7-10,15-18,23-24H2. The molecule has 2 nitrogen and oxygen atoms in total. The molecule has 4 N–H and O–H groups in total. The zero-order valence-electron chi connectivity index (χ0n) is 15.6. The Hall–Kier alpha value is -0.940. The van der Waals surface area contributed by atoms with Crippen LogP contribution in [0, 0.1) is 0 Å². The van der Waals surface area contributed by atoms with E-state index in [2.05, 4.69) is 60.7 Å². The molecule has 0 heterocycles. The maximum Gasteiger partial charge on any atom is 0.0401 e. The van der Waals surface area contributed by atoms with Crippen molar-refractivity contribution in [2.24, 2.45) is 11.5 Å². The average molecular weight is 389 g/mol. The molecule has 0 radical (unpaired) electrons. The van der Waals surface area contributed by atoms with E-state index in [1.54, 1.807) is 0 Å². The van der Waals surface area contributed by atoms with Gasteiger partial charge in [0.15, 0.2) is 0 Å². The molecule has 0 bridgehead atoms. The molecule has 26 heavy (non-hydrogen) atoms. The third-order valence-corrected chi connectivity index (χ3v) is 7.79. The number of hydrogen-bond donors (Lipinski definition) is 2. The Morgan fingerprint density at radius 1 is 0.577 bits per heavy atom. The molecule has 2 atom stereocenters. The summed E-state index contributed by atoms with van der Waals surface area (Å²) in [4.78, 5) is 0. The smallest absolute Gasteiger partial charge is 0.0401 e. The Kier molecular flexibility index (Phi) is 10.9. The zero-order valence-corrected chi connectivity index (χ0v) is 17.2. The van der Waals surface area contributed by atoms with Gasteiger partial charge in [-0.15, -0.1) is 0 Å². The van der Waals surface area contributed by atoms with Gasteiger partial charge in [0.1, 0.15) is 0 Å². The Balaban J connectivity index is 2.01. The van der Waals surface area contributed by atoms with E-state index in [1.807, 2.05) is 21.6 Å². The lowest BCUT2D eigenvalue weighted by Gasteiger charge is -2.21. The van der Waals surface area contributed by atoms with Gasteiger partial charge < -0.3 is 11.5 Å². The van der Waals surface area contributed by atoms with Crippen molar-refractivity contribution in [1.82, 2.24) is 0 Å². The third kappa shape index (κ3) is 7.75. The van der Waals surface area contributed by atoms with Crippen LogP contribution in [0.1, 0.15) is 60.2 Å². The first kappa shape index (κ1) is 21.4. The first-order valence-corrected chi connectivity index (χ1v) is 11.9. The number of nitrogens with two attached hydrogens (primary N) is 2. The third-order valence-electron chi connectivity index (χ3n) is 4.47. The van der Waals surface area contributed by atoms with Crippen LogP contribution >= 0.6 is 21.6 Å². The van der Waals surface area contributed by atoms with Crippen molar-refractivity contribution in [2.45, 2.75) is 49.0 Å². The van der Waals surface area contributed by atoms with Gasteiger partial charge in [0.2, 0.25) is 0 Å². The van der Waals surface area contributed by atoms with Crippen LogP contribution in [0.4, 0.5) is 0 Å². The maximum atomic E-state index is 5.70. The zero-order chi connectivity index (χ0) is 18.5. The minimum Gasteiger partial charge on any atom is -0.330 e. The minimum absolute atomic E-state index is 0.522. The van der Waals surface area contributed by atoms with E-state index < -0.39 is 0 Å². The van der Waals surface area contributed by atoms with Gasteiger partial charge in [-0.05, 0) is 49.9 Å². The van der Waals surface area contributed by atoms with E-state index in [1.165, 1.54) is 36.8 Å². The van der Waals surface area contributed by atoms with E-state index in [9.17, 15) is 0 Å². The van der Waals surface area contributed by atoms with Crippen LogP contribution in [-0.4, -0.2) is 13.1 Å². The van der Waals surface area contributed by atoms with Gasteiger partial charge in [-0.25, -0.2) is 0 Å². The number of rotatable bonds is 13. The molecule has 0 aliphatic heterocycles. The van der Waals surface area contributed by atoms with Crippen molar-refractivity contribution in [3.8, 4) is 0 Å². The first-order chi connectivity index (χ1) is 12.8. The molecular weight excluding hydrogens is 356 g/mol. The van der Waals surface area contributed by atoms with Crippen molar-refractivity contribution in [2.75, 3.05) is 13.1 Å². The summed E-state index contributed by atoms with van der Waals surface area (Å²) in [5.41, 5.74) is 14.2. The van der Waals surface area contributed by atoms with Crippen molar-refractivity contribution in [3.05, 3.63) is 71.8 Å². The highest BCUT2D eigenvalue weighted by Crippen LogP contribution is 2.49. The van der Waals surface area contributed by atoms with E-state index in [4.69, 9.17) is 11.5 Å². The van der Waals surface area contributed by atoms with Crippen LogP contribution in [0.15, 0.2) is 60.7 Å². The van der Waals surface area contributed by atoms with Crippen LogP contribution in [0.2, 0.25) is 0 Å². The molecule has 0 aromatic heterocycles.